The van der Waals surface area contributed by atoms with Gasteiger partial charge in [0.2, 0.25) is 0 Å². The van der Waals surface area contributed by atoms with Crippen LogP contribution in [0.15, 0.2) is 11.1 Å². The second kappa shape index (κ2) is 10.1. The van der Waals surface area contributed by atoms with Gasteiger partial charge in [0.25, 0.3) is 0 Å². The molecule has 2 saturated heterocycles. The number of nitrogen functional groups attached to an aromatic ring is 1. The predicted molar refractivity (Wildman–Crippen MR) is 180 cm³/mol. The van der Waals surface area contributed by atoms with Gasteiger partial charge >= 0.3 is 0 Å². The minimum absolute atomic E-state index is 0.143. The molecule has 11 heteroatoms. The summed E-state index contributed by atoms with van der Waals surface area (Å²) >= 11 is 1.57. The molecule has 0 radical (unpaired) electrons. The van der Waals surface area contributed by atoms with E-state index in [1.807, 2.05) is 0 Å². The lowest BCUT2D eigenvalue weighted by molar-refractivity contribution is 0.232. The number of piperidine rings is 1. The van der Waals surface area contributed by atoms with Gasteiger partial charge in [0.1, 0.15) is 22.6 Å². The summed E-state index contributed by atoms with van der Waals surface area (Å²) in [4.78, 5) is 16.8. The summed E-state index contributed by atoms with van der Waals surface area (Å²) < 4.78 is 8.55. The molecule has 10 nitrogen and oxygen atoms in total. The quantitative estimate of drug-likeness (QED) is 0.278. The first-order valence-corrected chi connectivity index (χ1v) is 17.9. The molecule has 7 heterocycles. The molecule has 0 bridgehead atoms. The number of nitriles is 1. The minimum Gasteiger partial charge on any atom is -0.389 e. The summed E-state index contributed by atoms with van der Waals surface area (Å²) in [6.45, 7) is 11.2. The van der Waals surface area contributed by atoms with Crippen LogP contribution in [0.2, 0.25) is 0 Å². The summed E-state index contributed by atoms with van der Waals surface area (Å²) in [6, 6.07) is 3.16. The van der Waals surface area contributed by atoms with Crippen LogP contribution in [0.25, 0.3) is 28.1 Å². The van der Waals surface area contributed by atoms with Gasteiger partial charge in [0.05, 0.1) is 28.4 Å². The Morgan fingerprint density at radius 3 is 2.74 bits per heavy atom. The first-order chi connectivity index (χ1) is 22.3. The van der Waals surface area contributed by atoms with E-state index in [9.17, 15) is 5.26 Å². The maximum Gasteiger partial charge on any atom is 0.186 e. The molecule has 0 aromatic carbocycles. The number of anilines is 2. The highest BCUT2D eigenvalue weighted by molar-refractivity contribution is 7.16. The van der Waals surface area contributed by atoms with Crippen LogP contribution in [0.3, 0.4) is 0 Å². The Morgan fingerprint density at radius 2 is 1.96 bits per heavy atom. The fraction of sp³-hybridized carbons (Fsp3) is 0.571. The van der Waals surface area contributed by atoms with Crippen molar-refractivity contribution in [2.45, 2.75) is 102 Å². The van der Waals surface area contributed by atoms with E-state index in [0.717, 1.165) is 115 Å². The zero-order valence-corrected chi connectivity index (χ0v) is 27.8. The first kappa shape index (κ1) is 28.5. The number of likely N-dealkylation sites (N-methyl/N-ethyl adjacent to an activating group) is 1. The van der Waals surface area contributed by atoms with Crippen molar-refractivity contribution >= 4 is 38.8 Å². The molecule has 2 N–H and O–H groups in total. The lowest BCUT2D eigenvalue weighted by Gasteiger charge is -2.42. The lowest BCUT2D eigenvalue weighted by Crippen LogP contribution is -2.45. The fourth-order valence-corrected chi connectivity index (χ4v) is 10.8. The van der Waals surface area contributed by atoms with Crippen LogP contribution in [0.1, 0.15) is 104 Å². The number of hydrogen-bond donors (Lipinski definition) is 1. The van der Waals surface area contributed by atoms with Crippen molar-refractivity contribution in [2.75, 3.05) is 30.8 Å². The molecule has 5 atom stereocenters. The van der Waals surface area contributed by atoms with Crippen LogP contribution in [-0.4, -0.2) is 62.0 Å². The molecule has 9 rings (SSSR count). The zero-order chi connectivity index (χ0) is 31.5. The average molecular weight is 636 g/mol. The van der Waals surface area contributed by atoms with Gasteiger partial charge < -0.3 is 20.1 Å². The molecule has 238 valence electrons. The molecule has 4 aromatic heterocycles. The van der Waals surface area contributed by atoms with Crippen molar-refractivity contribution in [2.24, 2.45) is 5.92 Å². The van der Waals surface area contributed by atoms with Gasteiger partial charge in [-0.1, -0.05) is 18.7 Å². The fourth-order valence-electron chi connectivity index (χ4n) is 9.67. The summed E-state index contributed by atoms with van der Waals surface area (Å²) in [7, 11) is 2.22. The molecule has 5 aliphatic rings. The second-order valence-electron chi connectivity index (χ2n) is 14.5. The highest BCUT2D eigenvalue weighted by atomic mass is 32.1. The number of thiophene rings is 1. The number of nitrogens with two attached hydrogens (primary N) is 1. The maximum absolute atomic E-state index is 10.2. The van der Waals surface area contributed by atoms with Crippen LogP contribution >= 0.6 is 11.3 Å². The Labute approximate surface area is 273 Å². The smallest absolute Gasteiger partial charge is 0.186 e. The number of aromatic nitrogens is 5. The molecule has 4 aromatic rings. The van der Waals surface area contributed by atoms with Crippen molar-refractivity contribution in [3.63, 3.8) is 0 Å². The summed E-state index contributed by atoms with van der Waals surface area (Å²) in [6.07, 6.45) is 10.2. The molecule has 0 unspecified atom stereocenters. The van der Waals surface area contributed by atoms with Gasteiger partial charge in [0.15, 0.2) is 22.9 Å². The van der Waals surface area contributed by atoms with Crippen molar-refractivity contribution in [3.8, 4) is 17.6 Å². The Morgan fingerprint density at radius 1 is 1.13 bits per heavy atom. The number of fused-ring (bicyclic) bond motifs is 6. The van der Waals surface area contributed by atoms with Crippen LogP contribution in [0.5, 0.6) is 0 Å². The van der Waals surface area contributed by atoms with E-state index in [1.54, 1.807) is 11.3 Å². The third-order valence-corrected chi connectivity index (χ3v) is 13.0. The standard InChI is InChI=1S/C35H41N9OS/c1-18-11-12-23-19(2)28-26-33(43(23)17-18)38-32(39-34(26)44(40-28)20(3)24-9-7-15-42(24)4)29-21-8-5-13-35(30(21)45-41-29)14-6-10-25-27(35)22(16-36)31(37)46-25/h18,20,23-24H,2,5-15,17,37H2,1,3-4H3/t18-,20-,23+,24-,35-/m0/s1. The van der Waals surface area contributed by atoms with E-state index in [2.05, 4.69) is 48.0 Å². The number of likely N-dealkylation sites (tertiary alicyclic amines) is 1. The number of hydrogen-bond acceptors (Lipinski definition) is 10. The number of nitrogens with zero attached hydrogens (tertiary/aromatic N) is 8. The van der Waals surface area contributed by atoms with Gasteiger partial charge in [0, 0.05) is 23.0 Å². The Balaban J connectivity index is 1.25. The third kappa shape index (κ3) is 3.77. The Kier molecular flexibility index (Phi) is 6.27. The predicted octanol–water partition coefficient (Wildman–Crippen LogP) is 6.24. The highest BCUT2D eigenvalue weighted by Crippen LogP contribution is 2.55. The molecule has 0 amide bonds. The van der Waals surface area contributed by atoms with Gasteiger partial charge in [-0.15, -0.1) is 11.3 Å². The minimum atomic E-state index is -0.383. The number of rotatable bonds is 3. The molecular weight excluding hydrogens is 595 g/mol. The summed E-state index contributed by atoms with van der Waals surface area (Å²) in [5, 5.41) is 21.9. The zero-order valence-electron chi connectivity index (χ0n) is 27.0. The third-order valence-electron chi connectivity index (χ3n) is 11.9. The molecule has 0 saturated carbocycles. The van der Waals surface area contributed by atoms with E-state index in [4.69, 9.17) is 30.5 Å². The summed E-state index contributed by atoms with van der Waals surface area (Å²) in [5.74, 6) is 3.01. The van der Waals surface area contributed by atoms with E-state index in [0.29, 0.717) is 28.3 Å². The normalized spacial score (nSPS) is 27.9. The molecule has 2 fully saturated rings. The van der Waals surface area contributed by atoms with E-state index in [1.165, 1.54) is 17.7 Å². The first-order valence-electron chi connectivity index (χ1n) is 17.1. The van der Waals surface area contributed by atoms with Crippen molar-refractivity contribution < 1.29 is 4.52 Å². The van der Waals surface area contributed by atoms with Gasteiger partial charge in [-0.2, -0.15) is 10.4 Å². The molecule has 46 heavy (non-hydrogen) atoms. The molecule has 2 aliphatic carbocycles. The van der Waals surface area contributed by atoms with Crippen molar-refractivity contribution in [3.05, 3.63) is 39.6 Å². The Hall–Kier alpha value is -3.75. The molecule has 1 spiro atoms. The number of aryl methyl sites for hydroxylation is 1. The van der Waals surface area contributed by atoms with E-state index >= 15 is 0 Å². The van der Waals surface area contributed by atoms with Crippen LogP contribution in [0, 0.1) is 17.2 Å². The van der Waals surface area contributed by atoms with Gasteiger partial charge in [-0.3, -0.25) is 0 Å². The SMILES string of the molecule is C=C1c2nn([C@@H](C)[C@@H]3CCCN3C)c3nc(-c4noc5c4CCC[C@@]54CCCc5sc(N)c(C#N)c54)nc(c23)N2C[C@@H](C)CC[C@H]12. The monoisotopic (exact) mass is 635 g/mol. The maximum atomic E-state index is 10.2. The van der Waals surface area contributed by atoms with Gasteiger partial charge in [-0.05, 0) is 102 Å². The Bertz CT molecular complexity index is 1960. The largest absolute Gasteiger partial charge is 0.389 e. The van der Waals surface area contributed by atoms with Crippen LogP contribution in [-0.2, 0) is 18.3 Å². The van der Waals surface area contributed by atoms with Crippen molar-refractivity contribution in [1.29, 1.82) is 5.26 Å². The second-order valence-corrected chi connectivity index (χ2v) is 15.7. The van der Waals surface area contributed by atoms with E-state index < -0.39 is 0 Å². The van der Waals surface area contributed by atoms with Crippen molar-refractivity contribution in [1.82, 2.24) is 29.8 Å². The molecule has 3 aliphatic heterocycles. The van der Waals surface area contributed by atoms with Crippen LogP contribution in [0.4, 0.5) is 10.8 Å². The topological polar surface area (TPSA) is 126 Å². The average Bonchev–Trinajstić information content (AvgIpc) is 3.84. The van der Waals surface area contributed by atoms with E-state index in [-0.39, 0.29) is 17.5 Å². The lowest BCUT2D eigenvalue weighted by atomic mass is 9.63. The van der Waals surface area contributed by atoms with Crippen LogP contribution < -0.4 is 10.6 Å². The molecular formula is C35H41N9OS. The van der Waals surface area contributed by atoms with Gasteiger partial charge in [-0.25, -0.2) is 14.6 Å². The highest BCUT2D eigenvalue weighted by Gasteiger charge is 2.49. The summed E-state index contributed by atoms with van der Waals surface area (Å²) in [5.41, 5.74) is 12.4.